The first-order valence-corrected chi connectivity index (χ1v) is 8.58. The van der Waals surface area contributed by atoms with Crippen molar-refractivity contribution in [2.24, 2.45) is 11.3 Å². The summed E-state index contributed by atoms with van der Waals surface area (Å²) in [6.07, 6.45) is 7.14. The van der Waals surface area contributed by atoms with Crippen molar-refractivity contribution in [1.82, 2.24) is 0 Å². The molecule has 2 aromatic carbocycles. The molecule has 0 bridgehead atoms. The third-order valence-corrected chi connectivity index (χ3v) is 6.05. The molecule has 0 heterocycles. The molecule has 0 heteroatoms. The van der Waals surface area contributed by atoms with Crippen LogP contribution in [0.25, 0.3) is 10.8 Å². The maximum absolute atomic E-state index is 2.49. The first-order chi connectivity index (χ1) is 10.1. The van der Waals surface area contributed by atoms with Crippen LogP contribution in [0.4, 0.5) is 0 Å². The van der Waals surface area contributed by atoms with Gasteiger partial charge in [-0.25, -0.2) is 0 Å². The number of rotatable bonds is 3. The molecule has 0 aromatic heterocycles. The third-order valence-electron chi connectivity index (χ3n) is 6.05. The average Bonchev–Trinajstić information content (AvgIpc) is 2.54. The Labute approximate surface area is 129 Å². The van der Waals surface area contributed by atoms with Crippen LogP contribution in [-0.2, 0) is 0 Å². The molecule has 0 spiro atoms. The van der Waals surface area contributed by atoms with Crippen LogP contribution < -0.4 is 0 Å². The fourth-order valence-electron chi connectivity index (χ4n) is 4.11. The Bertz CT molecular complexity index is 602. The van der Waals surface area contributed by atoms with E-state index in [4.69, 9.17) is 0 Å². The molecule has 0 nitrogen and oxygen atoms in total. The molecule has 0 amide bonds. The fraction of sp³-hybridized carbons (Fsp3) is 0.524. The quantitative estimate of drug-likeness (QED) is 0.598. The molecule has 1 atom stereocenters. The van der Waals surface area contributed by atoms with Crippen molar-refractivity contribution in [3.05, 3.63) is 48.0 Å². The molecule has 1 unspecified atom stereocenters. The minimum atomic E-state index is 0.392. The van der Waals surface area contributed by atoms with Crippen molar-refractivity contribution in [1.29, 1.82) is 0 Å². The molecule has 0 saturated heterocycles. The van der Waals surface area contributed by atoms with Crippen molar-refractivity contribution in [2.75, 3.05) is 0 Å². The maximum atomic E-state index is 2.49. The Morgan fingerprint density at radius 2 is 1.57 bits per heavy atom. The van der Waals surface area contributed by atoms with Gasteiger partial charge in [0.05, 0.1) is 0 Å². The van der Waals surface area contributed by atoms with E-state index in [0.29, 0.717) is 11.3 Å². The topological polar surface area (TPSA) is 0 Å². The molecule has 21 heavy (non-hydrogen) atoms. The van der Waals surface area contributed by atoms with Gasteiger partial charge in [-0.15, -0.1) is 0 Å². The van der Waals surface area contributed by atoms with Crippen LogP contribution in [0.2, 0.25) is 0 Å². The molecule has 0 aliphatic heterocycles. The lowest BCUT2D eigenvalue weighted by Crippen LogP contribution is -2.31. The van der Waals surface area contributed by atoms with E-state index >= 15 is 0 Å². The number of hydrogen-bond acceptors (Lipinski definition) is 0. The van der Waals surface area contributed by atoms with Crippen LogP contribution in [0.1, 0.15) is 64.4 Å². The zero-order chi connectivity index (χ0) is 14.9. The first-order valence-electron chi connectivity index (χ1n) is 8.58. The highest BCUT2D eigenvalue weighted by Gasteiger charge is 2.35. The SMILES string of the molecule is CC(c1ccc2ccccc2c1)C(C)(C)C1CCCCC1. The van der Waals surface area contributed by atoms with Gasteiger partial charge in [-0.3, -0.25) is 0 Å². The van der Waals surface area contributed by atoms with Crippen LogP contribution in [0.15, 0.2) is 42.5 Å². The Morgan fingerprint density at radius 3 is 2.29 bits per heavy atom. The van der Waals surface area contributed by atoms with Gasteiger partial charge in [0.2, 0.25) is 0 Å². The van der Waals surface area contributed by atoms with Crippen molar-refractivity contribution in [3.63, 3.8) is 0 Å². The molecular formula is C21H28. The highest BCUT2D eigenvalue weighted by molar-refractivity contribution is 5.83. The van der Waals surface area contributed by atoms with E-state index in [9.17, 15) is 0 Å². The summed E-state index contributed by atoms with van der Waals surface area (Å²) in [5.41, 5.74) is 1.90. The highest BCUT2D eigenvalue weighted by atomic mass is 14.4. The largest absolute Gasteiger partial charge is 0.0616 e. The zero-order valence-corrected chi connectivity index (χ0v) is 13.7. The van der Waals surface area contributed by atoms with Crippen LogP contribution in [0, 0.1) is 11.3 Å². The lowest BCUT2D eigenvalue weighted by molar-refractivity contribution is 0.129. The maximum Gasteiger partial charge on any atom is -0.0136 e. The molecule has 1 aliphatic rings. The molecule has 0 radical (unpaired) electrons. The minimum absolute atomic E-state index is 0.392. The lowest BCUT2D eigenvalue weighted by atomic mass is 9.63. The zero-order valence-electron chi connectivity index (χ0n) is 13.7. The van der Waals surface area contributed by atoms with E-state index in [1.807, 2.05) is 0 Å². The van der Waals surface area contributed by atoms with Gasteiger partial charge in [0, 0.05) is 0 Å². The second kappa shape index (κ2) is 5.83. The minimum Gasteiger partial charge on any atom is -0.0616 e. The Kier molecular flexibility index (Phi) is 4.06. The van der Waals surface area contributed by atoms with E-state index in [2.05, 4.69) is 63.2 Å². The van der Waals surface area contributed by atoms with Crippen LogP contribution in [0.5, 0.6) is 0 Å². The van der Waals surface area contributed by atoms with E-state index in [0.717, 1.165) is 5.92 Å². The molecule has 1 saturated carbocycles. The van der Waals surface area contributed by atoms with Gasteiger partial charge in [0.1, 0.15) is 0 Å². The standard InChI is InChI=1S/C21H28/c1-16(21(2,3)20-11-5-4-6-12-20)18-14-13-17-9-7-8-10-19(17)15-18/h7-10,13-16,20H,4-6,11-12H2,1-3H3. The van der Waals surface area contributed by atoms with Gasteiger partial charge in [-0.2, -0.15) is 0 Å². The molecule has 1 aliphatic carbocycles. The monoisotopic (exact) mass is 280 g/mol. The predicted molar refractivity (Wildman–Crippen MR) is 92.7 cm³/mol. The normalized spacial score (nSPS) is 18.8. The van der Waals surface area contributed by atoms with Crippen LogP contribution >= 0.6 is 0 Å². The predicted octanol–water partition coefficient (Wildman–Crippen LogP) is 6.55. The van der Waals surface area contributed by atoms with Crippen molar-refractivity contribution >= 4 is 10.8 Å². The molecule has 3 rings (SSSR count). The summed E-state index contributed by atoms with van der Waals surface area (Å²) in [5, 5.41) is 2.73. The van der Waals surface area contributed by atoms with Crippen LogP contribution in [0.3, 0.4) is 0 Å². The van der Waals surface area contributed by atoms with E-state index in [1.54, 1.807) is 0 Å². The van der Waals surface area contributed by atoms with Gasteiger partial charge < -0.3 is 0 Å². The summed E-state index contributed by atoms with van der Waals surface area (Å²) >= 11 is 0. The first kappa shape index (κ1) is 14.6. The summed E-state index contributed by atoms with van der Waals surface area (Å²) < 4.78 is 0. The van der Waals surface area contributed by atoms with Gasteiger partial charge in [-0.1, -0.05) is 82.5 Å². The van der Waals surface area contributed by atoms with E-state index in [-0.39, 0.29) is 0 Å². The molecule has 2 aromatic rings. The van der Waals surface area contributed by atoms with E-state index in [1.165, 1.54) is 48.4 Å². The van der Waals surface area contributed by atoms with Gasteiger partial charge in [0.15, 0.2) is 0 Å². The summed E-state index contributed by atoms with van der Waals surface area (Å²) in [4.78, 5) is 0. The van der Waals surface area contributed by atoms with Gasteiger partial charge in [0.25, 0.3) is 0 Å². The molecule has 0 N–H and O–H groups in total. The summed E-state index contributed by atoms with van der Waals surface area (Å²) in [6.45, 7) is 7.41. The van der Waals surface area contributed by atoms with Gasteiger partial charge >= 0.3 is 0 Å². The van der Waals surface area contributed by atoms with Crippen molar-refractivity contribution in [2.45, 2.75) is 58.8 Å². The number of benzene rings is 2. The molecular weight excluding hydrogens is 252 g/mol. The Hall–Kier alpha value is -1.30. The summed E-state index contributed by atoms with van der Waals surface area (Å²) in [6, 6.07) is 15.7. The fourth-order valence-corrected chi connectivity index (χ4v) is 4.11. The Balaban J connectivity index is 1.89. The third kappa shape index (κ3) is 2.86. The number of fused-ring (bicyclic) bond motifs is 1. The van der Waals surface area contributed by atoms with Crippen molar-refractivity contribution in [3.8, 4) is 0 Å². The van der Waals surface area contributed by atoms with Crippen LogP contribution in [-0.4, -0.2) is 0 Å². The van der Waals surface area contributed by atoms with Gasteiger partial charge in [-0.05, 0) is 46.4 Å². The second-order valence-corrected chi connectivity index (χ2v) is 7.48. The highest BCUT2D eigenvalue weighted by Crippen LogP contribution is 2.47. The van der Waals surface area contributed by atoms with Crippen molar-refractivity contribution < 1.29 is 0 Å². The lowest BCUT2D eigenvalue weighted by Gasteiger charge is -2.42. The second-order valence-electron chi connectivity index (χ2n) is 7.48. The smallest absolute Gasteiger partial charge is 0.0136 e. The molecule has 1 fully saturated rings. The van der Waals surface area contributed by atoms with E-state index < -0.39 is 0 Å². The average molecular weight is 280 g/mol. The summed E-state index contributed by atoms with van der Waals surface area (Å²) in [7, 11) is 0. The number of hydrogen-bond donors (Lipinski definition) is 0. The Morgan fingerprint density at radius 1 is 0.905 bits per heavy atom. The molecule has 112 valence electrons. The summed E-state index contributed by atoms with van der Waals surface area (Å²) in [5.74, 6) is 1.50.